The van der Waals surface area contributed by atoms with Crippen LogP contribution in [-0.4, -0.2) is 10.9 Å². The lowest BCUT2D eigenvalue weighted by Gasteiger charge is -2.09. The van der Waals surface area contributed by atoms with Crippen LogP contribution in [0, 0.1) is 6.92 Å². The van der Waals surface area contributed by atoms with Crippen molar-refractivity contribution in [1.29, 1.82) is 0 Å². The molecule has 0 radical (unpaired) electrons. The molecule has 0 saturated carbocycles. The van der Waals surface area contributed by atoms with E-state index in [2.05, 4.69) is 46.8 Å². The molecule has 26 heavy (non-hydrogen) atoms. The highest BCUT2D eigenvalue weighted by Gasteiger charge is 2.07. The number of nitrogens with one attached hydrogen (secondary N) is 2. The molecule has 2 aromatic carbocycles. The van der Waals surface area contributed by atoms with Gasteiger partial charge in [-0.1, -0.05) is 53.6 Å². The Labute approximate surface area is 158 Å². The van der Waals surface area contributed by atoms with E-state index in [0.29, 0.717) is 29.5 Å². The van der Waals surface area contributed by atoms with Gasteiger partial charge in [0.15, 0.2) is 0 Å². The zero-order valence-corrected chi connectivity index (χ0v) is 15.3. The zero-order chi connectivity index (χ0) is 18.4. The van der Waals surface area contributed by atoms with Gasteiger partial charge in [0.25, 0.3) is 5.91 Å². The normalized spacial score (nSPS) is 10.4. The van der Waals surface area contributed by atoms with E-state index in [0.717, 1.165) is 11.1 Å². The molecule has 1 amide bonds. The molecule has 4 nitrogen and oxygen atoms in total. The topological polar surface area (TPSA) is 54.0 Å². The number of hydrogen-bond donors (Lipinski definition) is 2. The molecule has 1 heterocycles. The van der Waals surface area contributed by atoms with Gasteiger partial charge in [0.05, 0.1) is 0 Å². The molecule has 0 unspecified atom stereocenters. The van der Waals surface area contributed by atoms with Crippen molar-refractivity contribution in [3.05, 3.63) is 94.1 Å². The first-order valence-electron chi connectivity index (χ1n) is 8.38. The number of carbonyl (C=O) groups excluding carboxylic acids is 1. The second kappa shape index (κ2) is 8.50. The van der Waals surface area contributed by atoms with Gasteiger partial charge >= 0.3 is 0 Å². The highest BCUT2D eigenvalue weighted by Crippen LogP contribution is 2.12. The van der Waals surface area contributed by atoms with Gasteiger partial charge in [0.1, 0.15) is 5.82 Å². The maximum absolute atomic E-state index is 12.4. The number of nitrogens with zero attached hydrogens (tertiary/aromatic N) is 1. The summed E-state index contributed by atoms with van der Waals surface area (Å²) in [5.41, 5.74) is 3.95. The van der Waals surface area contributed by atoms with Gasteiger partial charge in [-0.15, -0.1) is 0 Å². The van der Waals surface area contributed by atoms with Crippen LogP contribution < -0.4 is 10.6 Å². The third kappa shape index (κ3) is 5.07. The average molecular weight is 366 g/mol. The standard InChI is InChI=1S/C21H20ClN3O/c1-15-2-4-16(5-3-15)13-24-20-12-18(10-11-23-20)21(26)25-14-17-6-8-19(22)9-7-17/h2-12H,13-14H2,1H3,(H,23,24)(H,25,26). The quantitative estimate of drug-likeness (QED) is 0.672. The molecular formula is C21H20ClN3O. The molecule has 0 aliphatic heterocycles. The number of carbonyl (C=O) groups is 1. The van der Waals surface area contributed by atoms with E-state index in [9.17, 15) is 4.79 Å². The fourth-order valence-corrected chi connectivity index (χ4v) is 2.58. The van der Waals surface area contributed by atoms with Gasteiger partial charge in [-0.05, 0) is 42.3 Å². The summed E-state index contributed by atoms with van der Waals surface area (Å²) in [5.74, 6) is 0.533. The van der Waals surface area contributed by atoms with E-state index in [1.54, 1.807) is 18.3 Å². The van der Waals surface area contributed by atoms with Crippen molar-refractivity contribution in [2.24, 2.45) is 0 Å². The first-order chi connectivity index (χ1) is 12.6. The lowest BCUT2D eigenvalue weighted by molar-refractivity contribution is 0.0951. The van der Waals surface area contributed by atoms with Crippen molar-refractivity contribution in [2.75, 3.05) is 5.32 Å². The Morgan fingerprint density at radius 2 is 1.62 bits per heavy atom. The van der Waals surface area contributed by atoms with E-state index >= 15 is 0 Å². The average Bonchev–Trinajstić information content (AvgIpc) is 2.67. The number of halogens is 1. The van der Waals surface area contributed by atoms with Gasteiger partial charge in [0, 0.05) is 29.9 Å². The van der Waals surface area contributed by atoms with Crippen LogP contribution in [-0.2, 0) is 13.1 Å². The largest absolute Gasteiger partial charge is 0.366 e. The second-order valence-electron chi connectivity index (χ2n) is 6.08. The van der Waals surface area contributed by atoms with Crippen molar-refractivity contribution in [1.82, 2.24) is 10.3 Å². The van der Waals surface area contributed by atoms with E-state index in [4.69, 9.17) is 11.6 Å². The van der Waals surface area contributed by atoms with Crippen LogP contribution in [0.1, 0.15) is 27.0 Å². The molecule has 0 aliphatic carbocycles. The molecule has 3 rings (SSSR count). The highest BCUT2D eigenvalue weighted by atomic mass is 35.5. The van der Waals surface area contributed by atoms with Crippen molar-refractivity contribution in [3.63, 3.8) is 0 Å². The van der Waals surface area contributed by atoms with Crippen LogP contribution in [0.15, 0.2) is 66.9 Å². The Morgan fingerprint density at radius 3 is 2.35 bits per heavy atom. The van der Waals surface area contributed by atoms with E-state index in [-0.39, 0.29) is 5.91 Å². The molecule has 132 valence electrons. The number of aromatic nitrogens is 1. The third-order valence-electron chi connectivity index (χ3n) is 3.98. The Kier molecular flexibility index (Phi) is 5.87. The molecule has 0 saturated heterocycles. The predicted octanol–water partition coefficient (Wildman–Crippen LogP) is 4.59. The molecule has 5 heteroatoms. The van der Waals surface area contributed by atoms with Crippen LogP contribution in [0.2, 0.25) is 5.02 Å². The molecule has 0 fully saturated rings. The molecule has 2 N–H and O–H groups in total. The fraction of sp³-hybridized carbons (Fsp3) is 0.143. The number of anilines is 1. The summed E-state index contributed by atoms with van der Waals surface area (Å²) in [6, 6.07) is 19.2. The fourth-order valence-electron chi connectivity index (χ4n) is 2.45. The van der Waals surface area contributed by atoms with E-state index in [1.165, 1.54) is 5.56 Å². The van der Waals surface area contributed by atoms with Crippen molar-refractivity contribution in [2.45, 2.75) is 20.0 Å². The van der Waals surface area contributed by atoms with Gasteiger partial charge in [-0.25, -0.2) is 4.98 Å². The van der Waals surface area contributed by atoms with Gasteiger partial charge in [-0.2, -0.15) is 0 Å². The number of aryl methyl sites for hydroxylation is 1. The Balaban J connectivity index is 1.58. The van der Waals surface area contributed by atoms with Crippen molar-refractivity contribution < 1.29 is 4.79 Å². The van der Waals surface area contributed by atoms with Crippen LogP contribution in [0.4, 0.5) is 5.82 Å². The summed E-state index contributed by atoms with van der Waals surface area (Å²) in [7, 11) is 0. The summed E-state index contributed by atoms with van der Waals surface area (Å²) in [4.78, 5) is 16.6. The number of rotatable bonds is 6. The Bertz CT molecular complexity index is 877. The third-order valence-corrected chi connectivity index (χ3v) is 4.23. The predicted molar refractivity (Wildman–Crippen MR) is 105 cm³/mol. The minimum Gasteiger partial charge on any atom is -0.366 e. The number of amides is 1. The minimum absolute atomic E-state index is 0.138. The lowest BCUT2D eigenvalue weighted by Crippen LogP contribution is -2.23. The monoisotopic (exact) mass is 365 g/mol. The summed E-state index contributed by atoms with van der Waals surface area (Å²) in [6.45, 7) is 3.17. The van der Waals surface area contributed by atoms with Crippen molar-refractivity contribution >= 4 is 23.3 Å². The molecule has 3 aromatic rings. The summed E-state index contributed by atoms with van der Waals surface area (Å²) >= 11 is 5.87. The lowest BCUT2D eigenvalue weighted by atomic mass is 10.1. The highest BCUT2D eigenvalue weighted by molar-refractivity contribution is 6.30. The SMILES string of the molecule is Cc1ccc(CNc2cc(C(=O)NCc3ccc(Cl)cc3)ccn2)cc1. The first kappa shape index (κ1) is 18.0. The number of pyridine rings is 1. The molecule has 0 bridgehead atoms. The summed E-state index contributed by atoms with van der Waals surface area (Å²) in [6.07, 6.45) is 1.63. The van der Waals surface area contributed by atoms with Gasteiger partial charge in [-0.3, -0.25) is 4.79 Å². The Hall–Kier alpha value is -2.85. The van der Waals surface area contributed by atoms with Gasteiger partial charge in [0.2, 0.25) is 0 Å². The molecule has 0 spiro atoms. The Morgan fingerprint density at radius 1 is 0.962 bits per heavy atom. The van der Waals surface area contributed by atoms with Crippen LogP contribution in [0.5, 0.6) is 0 Å². The van der Waals surface area contributed by atoms with Gasteiger partial charge < -0.3 is 10.6 Å². The molecular weight excluding hydrogens is 346 g/mol. The summed E-state index contributed by atoms with van der Waals surface area (Å²) in [5, 5.41) is 6.83. The number of hydrogen-bond acceptors (Lipinski definition) is 3. The zero-order valence-electron chi connectivity index (χ0n) is 14.5. The smallest absolute Gasteiger partial charge is 0.251 e. The van der Waals surface area contributed by atoms with E-state index < -0.39 is 0 Å². The molecule has 1 aromatic heterocycles. The maximum atomic E-state index is 12.4. The van der Waals surface area contributed by atoms with E-state index in [1.807, 2.05) is 24.3 Å². The summed E-state index contributed by atoms with van der Waals surface area (Å²) < 4.78 is 0. The van der Waals surface area contributed by atoms with Crippen LogP contribution in [0.25, 0.3) is 0 Å². The van der Waals surface area contributed by atoms with Crippen molar-refractivity contribution in [3.8, 4) is 0 Å². The maximum Gasteiger partial charge on any atom is 0.251 e. The second-order valence-corrected chi connectivity index (χ2v) is 6.51. The number of benzene rings is 2. The molecule has 0 aliphatic rings. The van der Waals surface area contributed by atoms with Crippen LogP contribution >= 0.6 is 11.6 Å². The molecule has 0 atom stereocenters. The minimum atomic E-state index is -0.138. The first-order valence-corrected chi connectivity index (χ1v) is 8.76. The van der Waals surface area contributed by atoms with Crippen LogP contribution in [0.3, 0.4) is 0 Å².